The van der Waals surface area contributed by atoms with Crippen molar-refractivity contribution in [1.82, 2.24) is 15.1 Å². The second-order valence-electron chi connectivity index (χ2n) is 9.44. The smallest absolute Gasteiger partial charge is 0.310 e. The monoisotopic (exact) mass is 540 g/mol. The number of hydrogen-bond acceptors (Lipinski definition) is 5. The Kier molecular flexibility index (Phi) is 8.11. The molecule has 2 heterocycles. The van der Waals surface area contributed by atoms with Crippen LogP contribution in [0.25, 0.3) is 10.6 Å². The zero-order valence-corrected chi connectivity index (χ0v) is 21.9. The summed E-state index contributed by atoms with van der Waals surface area (Å²) in [5.74, 6) is 0.745. The molecule has 1 aliphatic rings. The predicted molar refractivity (Wildman–Crippen MR) is 136 cm³/mol. The fourth-order valence-corrected chi connectivity index (χ4v) is 7.08. The van der Waals surface area contributed by atoms with Crippen molar-refractivity contribution in [1.29, 1.82) is 0 Å². The molecule has 1 aliphatic carbocycles. The minimum Gasteiger partial charge on any atom is -0.310 e. The number of halogens is 3. The zero-order chi connectivity index (χ0) is 25.9. The quantitative estimate of drug-likeness (QED) is 0.329. The highest BCUT2D eigenvalue weighted by molar-refractivity contribution is 7.94. The van der Waals surface area contributed by atoms with Gasteiger partial charge in [-0.05, 0) is 49.1 Å². The standard InChI is InChI=1S/C25H31F3N4O2S2/c1-17(14-18-8-4-3-5-9-18)29-16-19-10-6-7-11-20(19)31-36(33,34)24-13-12-22(35-24)21-15-23(25(26,27)28)32(2)30-21/h6-7,10-13,15,17-18,29,31H,3-5,8-9,14,16H2,1-2H3/t17-/m0/s1. The van der Waals surface area contributed by atoms with E-state index >= 15 is 0 Å². The molecule has 6 nitrogen and oxygen atoms in total. The van der Waals surface area contributed by atoms with Gasteiger partial charge >= 0.3 is 6.18 Å². The number of benzene rings is 1. The zero-order valence-electron chi connectivity index (χ0n) is 20.3. The number of aryl methyl sites for hydroxylation is 1. The first-order chi connectivity index (χ1) is 17.0. The van der Waals surface area contributed by atoms with E-state index < -0.39 is 21.9 Å². The van der Waals surface area contributed by atoms with Crippen LogP contribution in [0.3, 0.4) is 0 Å². The fraction of sp³-hybridized carbons (Fsp3) is 0.480. The minimum absolute atomic E-state index is 0.00476. The van der Waals surface area contributed by atoms with Crippen LogP contribution in [0.2, 0.25) is 0 Å². The Balaban J connectivity index is 1.44. The molecule has 0 amide bonds. The predicted octanol–water partition coefficient (Wildman–Crippen LogP) is 6.42. The van der Waals surface area contributed by atoms with E-state index in [4.69, 9.17) is 0 Å². The molecule has 2 N–H and O–H groups in total. The first-order valence-electron chi connectivity index (χ1n) is 12.1. The number of anilines is 1. The molecule has 0 aliphatic heterocycles. The summed E-state index contributed by atoms with van der Waals surface area (Å²) in [6, 6.07) is 11.3. The van der Waals surface area contributed by atoms with Gasteiger partial charge in [0.2, 0.25) is 0 Å². The van der Waals surface area contributed by atoms with Crippen molar-refractivity contribution in [2.75, 3.05) is 4.72 Å². The van der Waals surface area contributed by atoms with Crippen molar-refractivity contribution in [3.8, 4) is 10.6 Å². The van der Waals surface area contributed by atoms with Crippen LogP contribution in [0, 0.1) is 5.92 Å². The van der Waals surface area contributed by atoms with Crippen LogP contribution in [0.5, 0.6) is 0 Å². The number of nitrogens with zero attached hydrogens (tertiary/aromatic N) is 2. The Hall–Kier alpha value is -2.37. The van der Waals surface area contributed by atoms with Gasteiger partial charge in [0.1, 0.15) is 15.6 Å². The number of para-hydroxylation sites is 1. The summed E-state index contributed by atoms with van der Waals surface area (Å²) in [6.07, 6.45) is 3.05. The van der Waals surface area contributed by atoms with Crippen molar-refractivity contribution in [3.63, 3.8) is 0 Å². The third kappa shape index (κ3) is 6.49. The lowest BCUT2D eigenvalue weighted by Gasteiger charge is -2.25. The molecule has 0 saturated heterocycles. The van der Waals surface area contributed by atoms with Crippen LogP contribution in [0.15, 0.2) is 46.7 Å². The molecule has 1 aromatic carbocycles. The molecule has 2 aromatic heterocycles. The lowest BCUT2D eigenvalue weighted by molar-refractivity contribution is -0.143. The molecular weight excluding hydrogens is 509 g/mol. The molecule has 11 heteroatoms. The van der Waals surface area contributed by atoms with Gasteiger partial charge in [-0.15, -0.1) is 11.3 Å². The molecule has 1 fully saturated rings. The number of aromatic nitrogens is 2. The minimum atomic E-state index is -4.54. The summed E-state index contributed by atoms with van der Waals surface area (Å²) in [5, 5.41) is 7.43. The highest BCUT2D eigenvalue weighted by atomic mass is 32.2. The Morgan fingerprint density at radius 2 is 1.86 bits per heavy atom. The first kappa shape index (κ1) is 26.7. The average molecular weight is 541 g/mol. The molecule has 4 rings (SSSR count). The number of rotatable bonds is 9. The van der Waals surface area contributed by atoms with Gasteiger partial charge in [-0.1, -0.05) is 50.3 Å². The highest BCUT2D eigenvalue weighted by Crippen LogP contribution is 2.36. The normalized spacial score (nSPS) is 16.2. The van der Waals surface area contributed by atoms with Gasteiger partial charge in [0.05, 0.1) is 10.6 Å². The van der Waals surface area contributed by atoms with Gasteiger partial charge < -0.3 is 5.32 Å². The fourth-order valence-electron chi connectivity index (χ4n) is 4.71. The van der Waals surface area contributed by atoms with E-state index in [-0.39, 0.29) is 9.90 Å². The lowest BCUT2D eigenvalue weighted by atomic mass is 9.85. The van der Waals surface area contributed by atoms with Gasteiger partial charge in [-0.25, -0.2) is 8.42 Å². The maximum Gasteiger partial charge on any atom is 0.433 e. The summed E-state index contributed by atoms with van der Waals surface area (Å²) in [5.41, 5.74) is 0.482. The summed E-state index contributed by atoms with van der Waals surface area (Å²) in [7, 11) is -2.72. The Morgan fingerprint density at radius 1 is 1.14 bits per heavy atom. The van der Waals surface area contributed by atoms with E-state index in [1.807, 2.05) is 12.1 Å². The van der Waals surface area contributed by atoms with E-state index in [2.05, 4.69) is 22.1 Å². The maximum absolute atomic E-state index is 13.1. The van der Waals surface area contributed by atoms with Gasteiger partial charge in [-0.3, -0.25) is 9.40 Å². The Morgan fingerprint density at radius 3 is 2.56 bits per heavy atom. The van der Waals surface area contributed by atoms with E-state index in [0.29, 0.717) is 23.2 Å². The van der Waals surface area contributed by atoms with Gasteiger partial charge in [0.15, 0.2) is 0 Å². The number of sulfonamides is 1. The van der Waals surface area contributed by atoms with E-state index in [1.165, 1.54) is 51.3 Å². The largest absolute Gasteiger partial charge is 0.433 e. The molecule has 196 valence electrons. The third-order valence-electron chi connectivity index (χ3n) is 6.58. The number of hydrogen-bond donors (Lipinski definition) is 2. The molecule has 36 heavy (non-hydrogen) atoms. The third-order valence-corrected chi connectivity index (χ3v) is 9.55. The Labute approximate surface area is 214 Å². The molecule has 0 radical (unpaired) electrons. The van der Waals surface area contributed by atoms with Crippen molar-refractivity contribution < 1.29 is 21.6 Å². The average Bonchev–Trinajstić information content (AvgIpc) is 3.46. The number of nitrogens with one attached hydrogen (secondary N) is 2. The van der Waals surface area contributed by atoms with Crippen molar-refractivity contribution in [3.05, 3.63) is 53.7 Å². The topological polar surface area (TPSA) is 76.0 Å². The summed E-state index contributed by atoms with van der Waals surface area (Å²) in [6.45, 7) is 2.69. The van der Waals surface area contributed by atoms with E-state index in [0.717, 1.165) is 40.0 Å². The molecule has 3 aromatic rings. The van der Waals surface area contributed by atoms with Crippen LogP contribution >= 0.6 is 11.3 Å². The summed E-state index contributed by atoms with van der Waals surface area (Å²) >= 11 is 0.879. The van der Waals surface area contributed by atoms with Crippen molar-refractivity contribution in [2.24, 2.45) is 13.0 Å². The van der Waals surface area contributed by atoms with Crippen LogP contribution in [0.4, 0.5) is 18.9 Å². The molecule has 0 spiro atoms. The van der Waals surface area contributed by atoms with Crippen LogP contribution in [-0.2, 0) is 29.8 Å². The second kappa shape index (κ2) is 10.9. The highest BCUT2D eigenvalue weighted by Gasteiger charge is 2.35. The van der Waals surface area contributed by atoms with Crippen LogP contribution in [0.1, 0.15) is 56.7 Å². The molecule has 0 unspecified atom stereocenters. The Bertz CT molecular complexity index is 1280. The van der Waals surface area contributed by atoms with Gasteiger partial charge in [-0.2, -0.15) is 18.3 Å². The molecule has 1 atom stereocenters. The second-order valence-corrected chi connectivity index (χ2v) is 12.4. The van der Waals surface area contributed by atoms with Gasteiger partial charge in [0, 0.05) is 19.6 Å². The van der Waals surface area contributed by atoms with E-state index in [1.54, 1.807) is 12.1 Å². The SMILES string of the molecule is C[C@@H](CC1CCCCC1)NCc1ccccc1NS(=O)(=O)c1ccc(-c2cc(C(F)(F)F)n(C)n2)s1. The summed E-state index contributed by atoms with van der Waals surface area (Å²) < 4.78 is 69.0. The van der Waals surface area contributed by atoms with Crippen LogP contribution in [-0.4, -0.2) is 24.2 Å². The maximum atomic E-state index is 13.1. The first-order valence-corrected chi connectivity index (χ1v) is 14.4. The van der Waals surface area contributed by atoms with Gasteiger partial charge in [0.25, 0.3) is 10.0 Å². The van der Waals surface area contributed by atoms with E-state index in [9.17, 15) is 21.6 Å². The molecular formula is C25H31F3N4O2S2. The molecule has 1 saturated carbocycles. The van der Waals surface area contributed by atoms with Crippen molar-refractivity contribution in [2.45, 2.75) is 68.4 Å². The lowest BCUT2D eigenvalue weighted by Crippen LogP contribution is -2.29. The van der Waals surface area contributed by atoms with Crippen LogP contribution < -0.4 is 10.0 Å². The molecule has 0 bridgehead atoms. The van der Waals surface area contributed by atoms with Crippen molar-refractivity contribution >= 4 is 27.0 Å². The number of alkyl halides is 3. The summed E-state index contributed by atoms with van der Waals surface area (Å²) in [4.78, 5) is 0.341. The number of thiophene rings is 1.